The third kappa shape index (κ3) is 2.61. The number of nitrogens with zero attached hydrogens (tertiary/aromatic N) is 4. The first-order chi connectivity index (χ1) is 13.5. The topological polar surface area (TPSA) is 93.7 Å². The molecule has 6 atom stereocenters. The van der Waals surface area contributed by atoms with Crippen LogP contribution in [0.2, 0.25) is 0 Å². The second-order valence-corrected chi connectivity index (χ2v) is 8.34. The number of likely N-dealkylation sites (tertiary alicyclic amines) is 2. The molecule has 2 bridgehead atoms. The molecule has 4 aliphatic rings. The number of amides is 2. The first-order valence-electron chi connectivity index (χ1n) is 9.78. The summed E-state index contributed by atoms with van der Waals surface area (Å²) < 4.78 is 13.5. The molecular formula is C20H22FN5O2. The molecule has 1 unspecified atom stereocenters. The predicted octanol–water partition coefficient (Wildman–Crippen LogP) is 0.455. The van der Waals surface area contributed by atoms with Gasteiger partial charge in [-0.25, -0.2) is 4.39 Å². The molecule has 7 nitrogen and oxygen atoms in total. The lowest BCUT2D eigenvalue weighted by molar-refractivity contribution is -0.135. The van der Waals surface area contributed by atoms with Crippen molar-refractivity contribution in [1.82, 2.24) is 9.80 Å². The maximum Gasteiger partial charge on any atom is 0.244 e. The van der Waals surface area contributed by atoms with Gasteiger partial charge in [-0.05, 0) is 43.4 Å². The van der Waals surface area contributed by atoms with Crippen LogP contribution in [0, 0.1) is 23.1 Å². The summed E-state index contributed by atoms with van der Waals surface area (Å²) >= 11 is 0. The molecule has 3 aliphatic heterocycles. The van der Waals surface area contributed by atoms with Crippen LogP contribution in [0.15, 0.2) is 24.3 Å². The number of carbonyl (C=O) groups excluding carboxylic acids is 2. The van der Waals surface area contributed by atoms with E-state index in [1.54, 1.807) is 21.9 Å². The molecule has 1 aromatic carbocycles. The Bertz CT molecular complexity index is 886. The number of anilines is 1. The molecule has 8 heteroatoms. The molecule has 0 radical (unpaired) electrons. The minimum absolute atomic E-state index is 0.0342. The van der Waals surface area contributed by atoms with Crippen LogP contribution in [0.4, 0.5) is 10.1 Å². The van der Waals surface area contributed by atoms with E-state index < -0.39 is 6.04 Å². The Balaban J connectivity index is 1.25. The Labute approximate surface area is 162 Å². The minimum Gasteiger partial charge on any atom is -0.322 e. The molecule has 28 heavy (non-hydrogen) atoms. The van der Waals surface area contributed by atoms with Gasteiger partial charge in [0.2, 0.25) is 11.8 Å². The summed E-state index contributed by atoms with van der Waals surface area (Å²) in [7, 11) is 0. The fraction of sp³-hybridized carbons (Fsp3) is 0.550. The molecule has 5 rings (SSSR count). The summed E-state index contributed by atoms with van der Waals surface area (Å²) in [4.78, 5) is 31.0. The zero-order valence-corrected chi connectivity index (χ0v) is 15.4. The van der Waals surface area contributed by atoms with Crippen molar-refractivity contribution in [3.05, 3.63) is 30.1 Å². The van der Waals surface area contributed by atoms with Crippen molar-refractivity contribution >= 4 is 17.5 Å². The number of benzene rings is 1. The first kappa shape index (κ1) is 17.6. The number of hydrogen-bond acceptors (Lipinski definition) is 5. The van der Waals surface area contributed by atoms with Crippen molar-refractivity contribution < 1.29 is 14.0 Å². The van der Waals surface area contributed by atoms with Gasteiger partial charge in [0.1, 0.15) is 11.9 Å². The number of rotatable bonds is 4. The Kier molecular flexibility index (Phi) is 3.93. The Hall–Kier alpha value is -2.50. The molecule has 0 aromatic heterocycles. The van der Waals surface area contributed by atoms with E-state index in [1.807, 2.05) is 4.90 Å². The molecule has 146 valence electrons. The largest absolute Gasteiger partial charge is 0.322 e. The van der Waals surface area contributed by atoms with Crippen molar-refractivity contribution in [2.24, 2.45) is 11.7 Å². The van der Waals surface area contributed by atoms with Gasteiger partial charge in [0, 0.05) is 24.8 Å². The van der Waals surface area contributed by atoms with Crippen LogP contribution in [-0.2, 0) is 9.59 Å². The van der Waals surface area contributed by atoms with Gasteiger partial charge in [-0.15, -0.1) is 0 Å². The van der Waals surface area contributed by atoms with E-state index in [0.717, 1.165) is 12.8 Å². The molecule has 2 N–H and O–H groups in total. The molecule has 3 saturated heterocycles. The van der Waals surface area contributed by atoms with Crippen LogP contribution >= 0.6 is 0 Å². The van der Waals surface area contributed by atoms with Gasteiger partial charge in [-0.2, -0.15) is 5.26 Å². The van der Waals surface area contributed by atoms with E-state index in [9.17, 15) is 19.2 Å². The van der Waals surface area contributed by atoms with Gasteiger partial charge in [0.25, 0.3) is 0 Å². The second kappa shape index (κ2) is 6.26. The van der Waals surface area contributed by atoms with Crippen molar-refractivity contribution in [2.75, 3.05) is 18.0 Å². The van der Waals surface area contributed by atoms with Gasteiger partial charge in [0.05, 0.1) is 24.2 Å². The molecule has 1 saturated carbocycles. The van der Waals surface area contributed by atoms with Crippen LogP contribution < -0.4 is 10.6 Å². The quantitative estimate of drug-likeness (QED) is 0.815. The first-order valence-corrected chi connectivity index (χ1v) is 9.78. The number of carbonyl (C=O) groups is 2. The fourth-order valence-electron chi connectivity index (χ4n) is 5.24. The smallest absolute Gasteiger partial charge is 0.244 e. The number of fused-ring (bicyclic) bond motifs is 3. The summed E-state index contributed by atoms with van der Waals surface area (Å²) in [5.74, 6) is -0.174. The average Bonchev–Trinajstić information content (AvgIpc) is 3.01. The standard InChI is InChI=1S/C20H22FN5O2/c21-12-2-1-3-13(6-12)25-15-7-18(20(25)28)24(9-15)10-16(23)19(27)26-14(8-22)4-11-5-17(11)26/h1-3,6,11,14-18H,4-5,7,9-10,23H2/t11-,14+,15-,16+,17?,18-/m1/s1. The third-order valence-electron chi connectivity index (χ3n) is 6.61. The van der Waals surface area contributed by atoms with Crippen molar-refractivity contribution in [3.63, 3.8) is 0 Å². The van der Waals surface area contributed by atoms with Gasteiger partial charge in [-0.1, -0.05) is 6.07 Å². The maximum absolute atomic E-state index is 13.5. The summed E-state index contributed by atoms with van der Waals surface area (Å²) in [6.07, 6.45) is 2.37. The lowest BCUT2D eigenvalue weighted by Gasteiger charge is -2.35. The van der Waals surface area contributed by atoms with Crippen LogP contribution in [0.3, 0.4) is 0 Å². The number of piperazine rings is 1. The Morgan fingerprint density at radius 2 is 2.18 bits per heavy atom. The maximum atomic E-state index is 13.5. The van der Waals surface area contributed by atoms with Crippen LogP contribution in [-0.4, -0.2) is 64.9 Å². The lowest BCUT2D eigenvalue weighted by atomic mass is 10.1. The highest BCUT2D eigenvalue weighted by molar-refractivity contribution is 6.01. The van der Waals surface area contributed by atoms with Gasteiger partial charge >= 0.3 is 0 Å². The van der Waals surface area contributed by atoms with Crippen molar-refractivity contribution in [2.45, 2.75) is 49.5 Å². The van der Waals surface area contributed by atoms with Gasteiger partial charge in [0.15, 0.2) is 0 Å². The van der Waals surface area contributed by atoms with E-state index in [1.165, 1.54) is 12.1 Å². The molecular weight excluding hydrogens is 361 g/mol. The van der Waals surface area contributed by atoms with Crippen molar-refractivity contribution in [3.8, 4) is 6.07 Å². The van der Waals surface area contributed by atoms with E-state index in [2.05, 4.69) is 6.07 Å². The van der Waals surface area contributed by atoms with E-state index in [4.69, 9.17) is 5.73 Å². The Morgan fingerprint density at radius 1 is 1.36 bits per heavy atom. The normalized spacial score (nSPS) is 34.5. The van der Waals surface area contributed by atoms with Gasteiger partial charge in [-0.3, -0.25) is 14.5 Å². The average molecular weight is 383 g/mol. The molecule has 1 aromatic rings. The highest BCUT2D eigenvalue weighted by Crippen LogP contribution is 2.47. The Morgan fingerprint density at radius 3 is 2.89 bits per heavy atom. The monoisotopic (exact) mass is 383 g/mol. The number of hydrogen-bond donors (Lipinski definition) is 1. The third-order valence-corrected chi connectivity index (χ3v) is 6.61. The van der Waals surface area contributed by atoms with E-state index >= 15 is 0 Å². The van der Waals surface area contributed by atoms with Crippen LogP contribution in [0.25, 0.3) is 0 Å². The summed E-state index contributed by atoms with van der Waals surface area (Å²) in [5.41, 5.74) is 6.78. The summed E-state index contributed by atoms with van der Waals surface area (Å²) in [5, 5.41) is 9.30. The highest BCUT2D eigenvalue weighted by atomic mass is 19.1. The zero-order valence-electron chi connectivity index (χ0n) is 15.4. The second-order valence-electron chi connectivity index (χ2n) is 8.34. The fourth-order valence-corrected chi connectivity index (χ4v) is 5.24. The van der Waals surface area contributed by atoms with Crippen LogP contribution in [0.5, 0.6) is 0 Å². The van der Waals surface area contributed by atoms with Gasteiger partial charge < -0.3 is 15.5 Å². The van der Waals surface area contributed by atoms with E-state index in [-0.39, 0.29) is 41.8 Å². The molecule has 1 aliphatic carbocycles. The molecule has 4 fully saturated rings. The minimum atomic E-state index is -0.745. The molecule has 2 amide bonds. The number of halogens is 1. The summed E-state index contributed by atoms with van der Waals surface area (Å²) in [6, 6.07) is 6.97. The van der Waals surface area contributed by atoms with Crippen molar-refractivity contribution in [1.29, 1.82) is 5.26 Å². The highest BCUT2D eigenvalue weighted by Gasteiger charge is 2.55. The van der Waals surface area contributed by atoms with E-state index in [0.29, 0.717) is 31.1 Å². The predicted molar refractivity (Wildman–Crippen MR) is 98.4 cm³/mol. The number of nitrogens with two attached hydrogens (primary N) is 1. The number of piperidine rings is 1. The molecule has 3 heterocycles. The summed E-state index contributed by atoms with van der Waals surface area (Å²) in [6.45, 7) is 0.913. The number of nitriles is 1. The zero-order chi connectivity index (χ0) is 19.6. The van der Waals surface area contributed by atoms with Crippen LogP contribution in [0.1, 0.15) is 19.3 Å². The SMILES string of the molecule is N#C[C@@H]1C[C@@H]2CC2N1C(=O)[C@@H](N)CN1C[C@H]2C[C@@H]1C(=O)N2c1cccc(F)c1. The lowest BCUT2D eigenvalue weighted by Crippen LogP contribution is -2.57. The molecule has 0 spiro atoms.